The predicted octanol–water partition coefficient (Wildman–Crippen LogP) is 2.66. The van der Waals surface area contributed by atoms with Gasteiger partial charge in [0.2, 0.25) is 0 Å². The molecule has 22 heavy (non-hydrogen) atoms. The zero-order valence-corrected chi connectivity index (χ0v) is 12.9. The molecule has 0 unspecified atom stereocenters. The maximum atomic E-state index is 12.6. The normalized spacial score (nSPS) is 13.6. The Hall–Kier alpha value is -2.49. The van der Waals surface area contributed by atoms with E-state index in [0.29, 0.717) is 18.7 Å². The molecule has 3 rings (SSSR count). The third-order valence-electron chi connectivity index (χ3n) is 4.12. The minimum absolute atomic E-state index is 0.0410. The molecule has 1 N–H and O–H groups in total. The predicted molar refractivity (Wildman–Crippen MR) is 87.3 cm³/mol. The summed E-state index contributed by atoms with van der Waals surface area (Å²) in [6.07, 6.45) is 0.830. The molecule has 4 nitrogen and oxygen atoms in total. The van der Waals surface area contributed by atoms with Gasteiger partial charge in [-0.2, -0.15) is 0 Å². The summed E-state index contributed by atoms with van der Waals surface area (Å²) < 4.78 is 0. The summed E-state index contributed by atoms with van der Waals surface area (Å²) in [5, 5.41) is 9.60. The highest BCUT2D eigenvalue weighted by molar-refractivity contribution is 5.94. The third kappa shape index (κ3) is 2.77. The monoisotopic (exact) mass is 296 g/mol. The van der Waals surface area contributed by atoms with E-state index in [9.17, 15) is 9.90 Å². The van der Waals surface area contributed by atoms with Gasteiger partial charge in [0.25, 0.3) is 5.91 Å². The third-order valence-corrected chi connectivity index (χ3v) is 4.12. The van der Waals surface area contributed by atoms with Crippen LogP contribution in [0.25, 0.3) is 0 Å². The second-order valence-corrected chi connectivity index (χ2v) is 5.87. The maximum absolute atomic E-state index is 12.6. The molecule has 1 amide bonds. The molecule has 2 aromatic rings. The molecule has 0 saturated carbocycles. The van der Waals surface area contributed by atoms with Crippen LogP contribution >= 0.6 is 0 Å². The Bertz CT molecular complexity index is 693. The maximum Gasteiger partial charge on any atom is 0.254 e. The quantitative estimate of drug-likeness (QED) is 0.926. The van der Waals surface area contributed by atoms with Crippen molar-refractivity contribution in [1.82, 2.24) is 4.90 Å². The number of benzene rings is 2. The van der Waals surface area contributed by atoms with E-state index in [1.807, 2.05) is 54.2 Å². The van der Waals surface area contributed by atoms with E-state index in [1.165, 1.54) is 5.56 Å². The molecular formula is C18H20N2O2. The van der Waals surface area contributed by atoms with Crippen LogP contribution in [0.3, 0.4) is 0 Å². The molecule has 1 aliphatic heterocycles. The highest BCUT2D eigenvalue weighted by Gasteiger charge is 2.22. The molecular weight excluding hydrogens is 276 g/mol. The van der Waals surface area contributed by atoms with Crippen molar-refractivity contribution in [2.75, 3.05) is 25.5 Å². The molecule has 0 fully saturated rings. The zero-order valence-electron chi connectivity index (χ0n) is 12.9. The molecule has 1 aliphatic rings. The Morgan fingerprint density at radius 2 is 1.82 bits per heavy atom. The van der Waals surface area contributed by atoms with Gasteiger partial charge in [0.1, 0.15) is 5.75 Å². The van der Waals surface area contributed by atoms with E-state index in [4.69, 9.17) is 0 Å². The minimum atomic E-state index is 0.0410. The van der Waals surface area contributed by atoms with Gasteiger partial charge < -0.3 is 14.9 Å². The smallest absolute Gasteiger partial charge is 0.254 e. The average molecular weight is 296 g/mol. The van der Waals surface area contributed by atoms with Crippen LogP contribution in [0.4, 0.5) is 5.69 Å². The number of fused-ring (bicyclic) bond motifs is 1. The van der Waals surface area contributed by atoms with Crippen LogP contribution in [0.15, 0.2) is 42.5 Å². The van der Waals surface area contributed by atoms with Gasteiger partial charge in [-0.25, -0.2) is 0 Å². The van der Waals surface area contributed by atoms with Gasteiger partial charge in [-0.05, 0) is 53.9 Å². The van der Waals surface area contributed by atoms with Crippen molar-refractivity contribution in [3.05, 3.63) is 59.2 Å². The Morgan fingerprint density at radius 1 is 1.09 bits per heavy atom. The van der Waals surface area contributed by atoms with E-state index >= 15 is 0 Å². The van der Waals surface area contributed by atoms with Crippen molar-refractivity contribution in [1.29, 1.82) is 0 Å². The molecule has 1 heterocycles. The fourth-order valence-corrected chi connectivity index (χ4v) is 2.80. The number of phenolic OH excluding ortho intramolecular Hbond substituents is 1. The summed E-state index contributed by atoms with van der Waals surface area (Å²) in [5.74, 6) is 0.294. The molecule has 0 atom stereocenters. The van der Waals surface area contributed by atoms with Gasteiger partial charge >= 0.3 is 0 Å². The summed E-state index contributed by atoms with van der Waals surface area (Å²) in [6, 6.07) is 13.1. The molecule has 4 heteroatoms. The molecule has 0 radical (unpaired) electrons. The zero-order chi connectivity index (χ0) is 15.7. The second-order valence-electron chi connectivity index (χ2n) is 5.87. The van der Waals surface area contributed by atoms with Crippen molar-refractivity contribution in [3.8, 4) is 5.75 Å². The molecule has 0 spiro atoms. The number of carbonyl (C=O) groups excluding carboxylic acids is 1. The van der Waals surface area contributed by atoms with Crippen molar-refractivity contribution in [3.63, 3.8) is 0 Å². The summed E-state index contributed by atoms with van der Waals surface area (Å²) in [5.41, 5.74) is 4.02. The highest BCUT2D eigenvalue weighted by Crippen LogP contribution is 2.24. The fraction of sp³-hybridized carbons (Fsp3) is 0.278. The van der Waals surface area contributed by atoms with Crippen LogP contribution in [0.5, 0.6) is 5.75 Å². The van der Waals surface area contributed by atoms with Crippen LogP contribution < -0.4 is 4.90 Å². The first-order valence-corrected chi connectivity index (χ1v) is 7.42. The lowest BCUT2D eigenvalue weighted by Crippen LogP contribution is -2.35. The van der Waals surface area contributed by atoms with Crippen molar-refractivity contribution in [2.45, 2.75) is 13.0 Å². The molecule has 114 valence electrons. The summed E-state index contributed by atoms with van der Waals surface area (Å²) in [4.78, 5) is 16.5. The number of nitrogens with zero attached hydrogens (tertiary/aromatic N) is 2. The largest absolute Gasteiger partial charge is 0.508 e. The van der Waals surface area contributed by atoms with E-state index in [1.54, 1.807) is 12.1 Å². The number of hydrogen-bond acceptors (Lipinski definition) is 3. The molecule has 0 aliphatic carbocycles. The van der Waals surface area contributed by atoms with Gasteiger partial charge in [0.15, 0.2) is 0 Å². The highest BCUT2D eigenvalue weighted by atomic mass is 16.3. The van der Waals surface area contributed by atoms with Crippen LogP contribution in [0.1, 0.15) is 21.5 Å². The summed E-state index contributed by atoms with van der Waals surface area (Å²) in [7, 11) is 3.95. The van der Waals surface area contributed by atoms with E-state index < -0.39 is 0 Å². The van der Waals surface area contributed by atoms with E-state index in [2.05, 4.69) is 0 Å². The molecule has 2 aromatic carbocycles. The van der Waals surface area contributed by atoms with Crippen LogP contribution in [-0.4, -0.2) is 36.6 Å². The number of hydrogen-bond donors (Lipinski definition) is 1. The second kappa shape index (κ2) is 5.72. The first-order chi connectivity index (χ1) is 10.5. The van der Waals surface area contributed by atoms with Crippen LogP contribution in [0, 0.1) is 0 Å². The van der Waals surface area contributed by atoms with Gasteiger partial charge in [-0.15, -0.1) is 0 Å². The van der Waals surface area contributed by atoms with Gasteiger partial charge in [0, 0.05) is 38.4 Å². The standard InChI is InChI=1S/C18H20N2O2/c1-19(2)16-6-3-14(4-7-16)18(22)20-10-9-13-5-8-17(21)11-15(13)12-20/h3-8,11,21H,9-10,12H2,1-2H3. The summed E-state index contributed by atoms with van der Waals surface area (Å²) in [6.45, 7) is 1.27. The number of phenols is 1. The fourth-order valence-electron chi connectivity index (χ4n) is 2.80. The first kappa shape index (κ1) is 14.4. The van der Waals surface area contributed by atoms with Gasteiger partial charge in [-0.1, -0.05) is 6.07 Å². The summed E-state index contributed by atoms with van der Waals surface area (Å²) >= 11 is 0. The Balaban J connectivity index is 1.78. The lowest BCUT2D eigenvalue weighted by Gasteiger charge is -2.29. The van der Waals surface area contributed by atoms with Crippen molar-refractivity contribution >= 4 is 11.6 Å². The Labute approximate surface area is 130 Å². The van der Waals surface area contributed by atoms with Crippen molar-refractivity contribution in [2.24, 2.45) is 0 Å². The number of aromatic hydroxyl groups is 1. The Morgan fingerprint density at radius 3 is 2.50 bits per heavy atom. The van der Waals surface area contributed by atoms with Gasteiger partial charge in [-0.3, -0.25) is 4.79 Å². The number of anilines is 1. The van der Waals surface area contributed by atoms with E-state index in [-0.39, 0.29) is 11.7 Å². The topological polar surface area (TPSA) is 43.8 Å². The molecule has 0 aromatic heterocycles. The number of carbonyl (C=O) groups is 1. The first-order valence-electron chi connectivity index (χ1n) is 7.42. The molecule has 0 saturated heterocycles. The van der Waals surface area contributed by atoms with Crippen molar-refractivity contribution < 1.29 is 9.90 Å². The molecule has 0 bridgehead atoms. The SMILES string of the molecule is CN(C)c1ccc(C(=O)N2CCc3ccc(O)cc3C2)cc1. The Kier molecular flexibility index (Phi) is 3.75. The number of rotatable bonds is 2. The average Bonchev–Trinajstić information content (AvgIpc) is 2.53. The lowest BCUT2D eigenvalue weighted by atomic mass is 9.99. The minimum Gasteiger partial charge on any atom is -0.508 e. The number of amides is 1. The lowest BCUT2D eigenvalue weighted by molar-refractivity contribution is 0.0734. The van der Waals surface area contributed by atoms with Crippen LogP contribution in [-0.2, 0) is 13.0 Å². The van der Waals surface area contributed by atoms with Gasteiger partial charge in [0.05, 0.1) is 0 Å². The van der Waals surface area contributed by atoms with E-state index in [0.717, 1.165) is 17.7 Å². The van der Waals surface area contributed by atoms with Crippen LogP contribution in [0.2, 0.25) is 0 Å².